The van der Waals surface area contributed by atoms with E-state index in [-0.39, 0.29) is 10.6 Å². The van der Waals surface area contributed by atoms with Gasteiger partial charge in [-0.15, -0.1) is 10.2 Å². The lowest BCUT2D eigenvalue weighted by molar-refractivity contribution is 0.0696. The van der Waals surface area contributed by atoms with Gasteiger partial charge in [0.05, 0.1) is 10.6 Å². The fourth-order valence-corrected chi connectivity index (χ4v) is 2.19. The first kappa shape index (κ1) is 12.6. The Morgan fingerprint density at radius 1 is 1.30 bits per heavy atom. The van der Waals surface area contributed by atoms with E-state index in [2.05, 4.69) is 15.2 Å². The highest BCUT2D eigenvalue weighted by molar-refractivity contribution is 6.33. The Morgan fingerprint density at radius 2 is 2.10 bits per heavy atom. The standard InChI is InChI=1S/C13H9ClN4O2/c1-7-2-8(5-15-4-7)11-16-17-12-10(14)3-9(13(19)20)6-18(11)12/h2-6H,1H3,(H,19,20). The van der Waals surface area contributed by atoms with E-state index in [4.69, 9.17) is 16.7 Å². The van der Waals surface area contributed by atoms with Gasteiger partial charge in [0.2, 0.25) is 0 Å². The second-order valence-electron chi connectivity index (χ2n) is 4.35. The number of rotatable bonds is 2. The molecule has 3 rings (SSSR count). The Hall–Kier alpha value is -2.47. The quantitative estimate of drug-likeness (QED) is 0.783. The summed E-state index contributed by atoms with van der Waals surface area (Å²) in [7, 11) is 0. The first-order chi connectivity index (χ1) is 9.56. The van der Waals surface area contributed by atoms with E-state index in [1.165, 1.54) is 12.3 Å². The van der Waals surface area contributed by atoms with Crippen LogP contribution in [0.3, 0.4) is 0 Å². The number of aryl methyl sites for hydroxylation is 1. The molecule has 0 aliphatic heterocycles. The number of aromatic nitrogens is 4. The zero-order chi connectivity index (χ0) is 14.3. The average molecular weight is 289 g/mol. The molecular weight excluding hydrogens is 280 g/mol. The van der Waals surface area contributed by atoms with Gasteiger partial charge in [0.15, 0.2) is 11.5 Å². The van der Waals surface area contributed by atoms with E-state index in [9.17, 15) is 4.79 Å². The Morgan fingerprint density at radius 3 is 2.80 bits per heavy atom. The average Bonchev–Trinajstić information content (AvgIpc) is 2.83. The molecule has 100 valence electrons. The summed E-state index contributed by atoms with van der Waals surface area (Å²) in [5, 5.41) is 17.4. The smallest absolute Gasteiger partial charge is 0.337 e. The van der Waals surface area contributed by atoms with Crippen molar-refractivity contribution in [2.75, 3.05) is 0 Å². The maximum atomic E-state index is 11.1. The molecule has 0 unspecified atom stereocenters. The van der Waals surface area contributed by atoms with E-state index < -0.39 is 5.97 Å². The van der Waals surface area contributed by atoms with Gasteiger partial charge in [-0.05, 0) is 24.6 Å². The minimum absolute atomic E-state index is 0.0733. The molecule has 0 amide bonds. The highest BCUT2D eigenvalue weighted by Crippen LogP contribution is 2.24. The van der Waals surface area contributed by atoms with Gasteiger partial charge < -0.3 is 5.11 Å². The van der Waals surface area contributed by atoms with Crippen LogP contribution in [-0.2, 0) is 0 Å². The van der Waals surface area contributed by atoms with Crippen LogP contribution in [-0.4, -0.2) is 30.7 Å². The number of pyridine rings is 2. The minimum atomic E-state index is -1.06. The maximum Gasteiger partial charge on any atom is 0.337 e. The molecule has 0 aliphatic rings. The molecule has 0 bridgehead atoms. The molecule has 0 saturated carbocycles. The van der Waals surface area contributed by atoms with Crippen LogP contribution >= 0.6 is 11.6 Å². The number of carboxylic acids is 1. The van der Waals surface area contributed by atoms with Gasteiger partial charge in [-0.3, -0.25) is 9.38 Å². The van der Waals surface area contributed by atoms with Crippen LogP contribution in [0.4, 0.5) is 0 Å². The van der Waals surface area contributed by atoms with Crippen molar-refractivity contribution >= 4 is 23.2 Å². The predicted molar refractivity (Wildman–Crippen MR) is 72.9 cm³/mol. The van der Waals surface area contributed by atoms with E-state index in [0.717, 1.165) is 11.1 Å². The van der Waals surface area contributed by atoms with Crippen molar-refractivity contribution < 1.29 is 9.90 Å². The summed E-state index contributed by atoms with van der Waals surface area (Å²) in [6.45, 7) is 1.91. The summed E-state index contributed by atoms with van der Waals surface area (Å²) in [4.78, 5) is 15.2. The van der Waals surface area contributed by atoms with Gasteiger partial charge in [0.1, 0.15) is 0 Å². The molecule has 0 aliphatic carbocycles. The summed E-state index contributed by atoms with van der Waals surface area (Å²) >= 11 is 6.04. The van der Waals surface area contributed by atoms with Crippen molar-refractivity contribution in [2.45, 2.75) is 6.92 Å². The molecule has 0 fully saturated rings. The first-order valence-electron chi connectivity index (χ1n) is 5.76. The Balaban J connectivity index is 2.29. The molecule has 0 spiro atoms. The minimum Gasteiger partial charge on any atom is -0.478 e. The van der Waals surface area contributed by atoms with Crippen molar-refractivity contribution in [3.05, 3.63) is 46.9 Å². The number of carbonyl (C=O) groups is 1. The Kier molecular flexibility index (Phi) is 2.87. The molecule has 0 aromatic carbocycles. The summed E-state index contributed by atoms with van der Waals surface area (Å²) in [6.07, 6.45) is 4.81. The molecule has 0 radical (unpaired) electrons. The van der Waals surface area contributed by atoms with Crippen molar-refractivity contribution in [3.63, 3.8) is 0 Å². The van der Waals surface area contributed by atoms with Crippen LogP contribution in [0, 0.1) is 6.92 Å². The van der Waals surface area contributed by atoms with Crippen molar-refractivity contribution in [2.24, 2.45) is 0 Å². The van der Waals surface area contributed by atoms with E-state index in [1.54, 1.807) is 16.8 Å². The summed E-state index contributed by atoms with van der Waals surface area (Å²) in [5.74, 6) is -0.558. The van der Waals surface area contributed by atoms with Crippen molar-refractivity contribution in [3.8, 4) is 11.4 Å². The lowest BCUT2D eigenvalue weighted by atomic mass is 10.2. The number of nitrogens with zero attached hydrogens (tertiary/aromatic N) is 4. The summed E-state index contributed by atoms with van der Waals surface area (Å²) < 4.78 is 1.56. The third-order valence-electron chi connectivity index (χ3n) is 2.84. The predicted octanol–water partition coefficient (Wildman–Crippen LogP) is 2.45. The van der Waals surface area contributed by atoms with Crippen LogP contribution < -0.4 is 0 Å². The SMILES string of the molecule is Cc1cncc(-c2nnc3c(Cl)cc(C(=O)O)cn23)c1. The number of fused-ring (bicyclic) bond motifs is 1. The molecule has 0 atom stereocenters. The zero-order valence-corrected chi connectivity index (χ0v) is 11.2. The van der Waals surface area contributed by atoms with Gasteiger partial charge >= 0.3 is 5.97 Å². The number of hydrogen-bond donors (Lipinski definition) is 1. The summed E-state index contributed by atoms with van der Waals surface area (Å²) in [6, 6.07) is 3.25. The van der Waals surface area contributed by atoms with Crippen LogP contribution in [0.1, 0.15) is 15.9 Å². The second kappa shape index (κ2) is 4.57. The number of halogens is 1. The Bertz CT molecular complexity index is 828. The van der Waals surface area contributed by atoms with Crippen molar-refractivity contribution in [1.29, 1.82) is 0 Å². The molecule has 3 aromatic heterocycles. The molecule has 20 heavy (non-hydrogen) atoms. The number of carboxylic acid groups (broad SMARTS) is 1. The molecule has 3 aromatic rings. The molecular formula is C13H9ClN4O2. The van der Waals surface area contributed by atoms with Crippen molar-refractivity contribution in [1.82, 2.24) is 19.6 Å². The molecule has 6 nitrogen and oxygen atoms in total. The van der Waals surface area contributed by atoms with Crippen LogP contribution in [0.15, 0.2) is 30.7 Å². The van der Waals surface area contributed by atoms with E-state index in [1.807, 2.05) is 13.0 Å². The lowest BCUT2D eigenvalue weighted by Crippen LogP contribution is -2.00. The van der Waals surface area contributed by atoms with Gasteiger partial charge in [-0.1, -0.05) is 11.6 Å². The fraction of sp³-hybridized carbons (Fsp3) is 0.0769. The van der Waals surface area contributed by atoms with Gasteiger partial charge in [0.25, 0.3) is 0 Å². The number of aromatic carboxylic acids is 1. The number of hydrogen-bond acceptors (Lipinski definition) is 4. The van der Waals surface area contributed by atoms with Gasteiger partial charge in [-0.25, -0.2) is 4.79 Å². The third-order valence-corrected chi connectivity index (χ3v) is 3.12. The Labute approximate surface area is 118 Å². The lowest BCUT2D eigenvalue weighted by Gasteiger charge is -2.03. The van der Waals surface area contributed by atoms with Gasteiger partial charge in [-0.2, -0.15) is 0 Å². The normalized spacial score (nSPS) is 10.9. The third kappa shape index (κ3) is 2.00. The monoisotopic (exact) mass is 288 g/mol. The topological polar surface area (TPSA) is 80.4 Å². The van der Waals surface area contributed by atoms with E-state index in [0.29, 0.717) is 11.5 Å². The highest BCUT2D eigenvalue weighted by atomic mass is 35.5. The molecule has 1 N–H and O–H groups in total. The van der Waals surface area contributed by atoms with Crippen LogP contribution in [0.5, 0.6) is 0 Å². The maximum absolute atomic E-state index is 11.1. The van der Waals surface area contributed by atoms with Gasteiger partial charge in [0, 0.05) is 24.2 Å². The van der Waals surface area contributed by atoms with E-state index >= 15 is 0 Å². The fourth-order valence-electron chi connectivity index (χ4n) is 1.94. The molecule has 3 heterocycles. The molecule has 7 heteroatoms. The molecule has 0 saturated heterocycles. The highest BCUT2D eigenvalue weighted by Gasteiger charge is 2.14. The second-order valence-corrected chi connectivity index (χ2v) is 4.76. The summed E-state index contributed by atoms with van der Waals surface area (Å²) in [5.41, 5.74) is 2.20. The zero-order valence-electron chi connectivity index (χ0n) is 10.4. The largest absolute Gasteiger partial charge is 0.478 e. The van der Waals surface area contributed by atoms with Crippen LogP contribution in [0.25, 0.3) is 17.0 Å². The first-order valence-corrected chi connectivity index (χ1v) is 6.13. The van der Waals surface area contributed by atoms with Crippen LogP contribution in [0.2, 0.25) is 5.02 Å².